The number of fused-ring (bicyclic) bond motifs is 7. The summed E-state index contributed by atoms with van der Waals surface area (Å²) in [5, 5.41) is 5.14. The standard InChI is InChI=1S/C61H43NS/c1-61(2)56-22-8-5-17-52(56)54-21-12-20-51(60(54)61)44-31-36-47(37-32-44)62(57-23-9-6-16-50(57)45-33-38-59-55(39-45)53-18-7-10-24-58(53)63-59)46-34-29-41(30-35-46)40-25-27-43(28-26-40)49-19-11-14-42-13-3-4-15-48(42)49/h3-39H,1-2H3. The van der Waals surface area contributed by atoms with E-state index in [0.717, 1.165) is 17.1 Å². The Labute approximate surface area is 372 Å². The molecular weight excluding hydrogens is 779 g/mol. The van der Waals surface area contributed by atoms with Crippen LogP contribution in [0, 0.1) is 0 Å². The minimum Gasteiger partial charge on any atom is -0.310 e. The predicted octanol–water partition coefficient (Wildman–Crippen LogP) is 17.7. The zero-order valence-electron chi connectivity index (χ0n) is 35.2. The second-order valence-corrected chi connectivity index (χ2v) is 18.3. The predicted molar refractivity (Wildman–Crippen MR) is 271 cm³/mol. The van der Waals surface area contributed by atoms with E-state index in [2.05, 4.69) is 243 Å². The Kier molecular flexibility index (Phi) is 8.77. The zero-order valence-corrected chi connectivity index (χ0v) is 36.0. The van der Waals surface area contributed by atoms with Crippen molar-refractivity contribution >= 4 is 59.3 Å². The summed E-state index contributed by atoms with van der Waals surface area (Å²) in [5.41, 5.74) is 18.5. The normalized spacial score (nSPS) is 12.7. The summed E-state index contributed by atoms with van der Waals surface area (Å²) in [6, 6.07) is 82.8. The molecule has 0 unspecified atom stereocenters. The van der Waals surface area contributed by atoms with Crippen LogP contribution in [0.5, 0.6) is 0 Å². The number of thiophene rings is 1. The molecule has 0 radical (unpaired) electrons. The summed E-state index contributed by atoms with van der Waals surface area (Å²) in [6.45, 7) is 4.74. The molecule has 1 aromatic heterocycles. The van der Waals surface area contributed by atoms with Crippen molar-refractivity contribution in [1.82, 2.24) is 0 Å². The second-order valence-electron chi connectivity index (χ2n) is 17.3. The highest BCUT2D eigenvalue weighted by Crippen LogP contribution is 2.52. The van der Waals surface area contributed by atoms with Gasteiger partial charge in [0.15, 0.2) is 0 Å². The highest BCUT2D eigenvalue weighted by atomic mass is 32.1. The van der Waals surface area contributed by atoms with Gasteiger partial charge in [0.1, 0.15) is 0 Å². The van der Waals surface area contributed by atoms with E-state index in [4.69, 9.17) is 0 Å². The first-order valence-electron chi connectivity index (χ1n) is 21.8. The topological polar surface area (TPSA) is 3.24 Å². The van der Waals surface area contributed by atoms with Crippen LogP contribution < -0.4 is 4.90 Å². The first kappa shape index (κ1) is 37.3. The highest BCUT2D eigenvalue weighted by molar-refractivity contribution is 7.25. The zero-order chi connectivity index (χ0) is 42.1. The maximum Gasteiger partial charge on any atom is 0.0540 e. The maximum atomic E-state index is 2.43. The van der Waals surface area contributed by atoms with Crippen molar-refractivity contribution in [2.24, 2.45) is 0 Å². The van der Waals surface area contributed by atoms with Gasteiger partial charge in [-0.3, -0.25) is 0 Å². The third-order valence-corrected chi connectivity index (χ3v) is 14.4. The molecule has 1 aliphatic carbocycles. The van der Waals surface area contributed by atoms with Gasteiger partial charge in [0.25, 0.3) is 0 Å². The largest absolute Gasteiger partial charge is 0.310 e. The van der Waals surface area contributed by atoms with E-state index in [-0.39, 0.29) is 5.41 Å². The van der Waals surface area contributed by atoms with Crippen LogP contribution in [0.4, 0.5) is 17.1 Å². The fourth-order valence-corrected chi connectivity index (χ4v) is 11.3. The van der Waals surface area contributed by atoms with Crippen LogP contribution in [0.1, 0.15) is 25.0 Å². The lowest BCUT2D eigenvalue weighted by atomic mass is 9.79. The molecule has 298 valence electrons. The third-order valence-electron chi connectivity index (χ3n) is 13.3. The minimum absolute atomic E-state index is 0.0982. The van der Waals surface area contributed by atoms with Crippen LogP contribution in [0.15, 0.2) is 224 Å². The fraction of sp³-hybridized carbons (Fsp3) is 0.0492. The fourth-order valence-electron chi connectivity index (χ4n) is 10.2. The molecule has 2 heteroatoms. The van der Waals surface area contributed by atoms with E-state index in [1.54, 1.807) is 0 Å². The molecule has 10 aromatic carbocycles. The van der Waals surface area contributed by atoms with E-state index < -0.39 is 0 Å². The van der Waals surface area contributed by atoms with E-state index in [0.29, 0.717) is 0 Å². The van der Waals surface area contributed by atoms with Gasteiger partial charge >= 0.3 is 0 Å². The third kappa shape index (κ3) is 6.21. The van der Waals surface area contributed by atoms with Gasteiger partial charge in [-0.1, -0.05) is 190 Å². The van der Waals surface area contributed by atoms with Gasteiger partial charge in [-0.05, 0) is 121 Å². The lowest BCUT2D eigenvalue weighted by molar-refractivity contribution is 0.662. The highest BCUT2D eigenvalue weighted by Gasteiger charge is 2.37. The van der Waals surface area contributed by atoms with Crippen molar-refractivity contribution in [3.8, 4) is 55.6 Å². The molecule has 0 atom stereocenters. The number of rotatable bonds is 7. The monoisotopic (exact) mass is 821 g/mol. The summed E-state index contributed by atoms with van der Waals surface area (Å²) < 4.78 is 2.63. The lowest BCUT2D eigenvalue weighted by Gasteiger charge is -2.28. The lowest BCUT2D eigenvalue weighted by Crippen LogP contribution is -2.16. The minimum atomic E-state index is -0.0982. The molecule has 0 bridgehead atoms. The Balaban J connectivity index is 0.953. The Bertz CT molecular complexity index is 3510. The molecule has 1 heterocycles. The number of hydrogen-bond donors (Lipinski definition) is 0. The summed E-state index contributed by atoms with van der Waals surface area (Å²) in [7, 11) is 0. The Morgan fingerprint density at radius 1 is 0.349 bits per heavy atom. The van der Waals surface area contributed by atoms with Gasteiger partial charge in [0, 0.05) is 42.5 Å². The first-order valence-corrected chi connectivity index (χ1v) is 22.6. The number of para-hydroxylation sites is 1. The molecule has 63 heavy (non-hydrogen) atoms. The number of nitrogens with zero attached hydrogens (tertiary/aromatic N) is 1. The molecule has 0 saturated heterocycles. The van der Waals surface area contributed by atoms with Crippen LogP contribution in [0.3, 0.4) is 0 Å². The summed E-state index contributed by atoms with van der Waals surface area (Å²) in [6.07, 6.45) is 0. The van der Waals surface area contributed by atoms with E-state index in [1.807, 2.05) is 11.3 Å². The molecule has 1 nitrogen and oxygen atoms in total. The molecule has 11 aromatic rings. The maximum absolute atomic E-state index is 2.43. The molecule has 1 aliphatic rings. The van der Waals surface area contributed by atoms with E-state index >= 15 is 0 Å². The van der Waals surface area contributed by atoms with E-state index in [9.17, 15) is 0 Å². The molecule has 12 rings (SSSR count). The molecule has 0 saturated carbocycles. The van der Waals surface area contributed by atoms with Crippen molar-refractivity contribution in [3.63, 3.8) is 0 Å². The molecular formula is C61H43NS. The van der Waals surface area contributed by atoms with Crippen molar-refractivity contribution in [3.05, 3.63) is 236 Å². The number of anilines is 3. The van der Waals surface area contributed by atoms with Gasteiger partial charge in [-0.25, -0.2) is 0 Å². The van der Waals surface area contributed by atoms with Gasteiger partial charge in [-0.15, -0.1) is 11.3 Å². The Morgan fingerprint density at radius 3 is 1.65 bits per heavy atom. The van der Waals surface area contributed by atoms with Gasteiger partial charge < -0.3 is 4.90 Å². The number of benzene rings is 10. The number of hydrogen-bond acceptors (Lipinski definition) is 2. The average Bonchev–Trinajstić information content (AvgIpc) is 3.83. The summed E-state index contributed by atoms with van der Waals surface area (Å²) in [5.74, 6) is 0. The van der Waals surface area contributed by atoms with Gasteiger partial charge in [0.05, 0.1) is 5.69 Å². The molecule has 0 amide bonds. The molecule has 0 N–H and O–H groups in total. The van der Waals surface area contributed by atoms with Crippen LogP contribution in [0.25, 0.3) is 86.6 Å². The summed E-state index contributed by atoms with van der Waals surface area (Å²) in [4.78, 5) is 2.43. The van der Waals surface area contributed by atoms with Crippen LogP contribution in [0.2, 0.25) is 0 Å². The van der Waals surface area contributed by atoms with Crippen molar-refractivity contribution in [1.29, 1.82) is 0 Å². The van der Waals surface area contributed by atoms with Gasteiger partial charge in [0.2, 0.25) is 0 Å². The first-order chi connectivity index (χ1) is 31.0. The van der Waals surface area contributed by atoms with Crippen LogP contribution in [-0.4, -0.2) is 0 Å². The Hall–Kier alpha value is -7.52. The SMILES string of the molecule is CC1(C)c2ccccc2-c2cccc(-c3ccc(N(c4ccc(-c5ccc(-c6cccc7ccccc67)cc5)cc4)c4ccccc4-c4ccc5sc6ccccc6c5c4)cc3)c21. The van der Waals surface area contributed by atoms with Crippen LogP contribution >= 0.6 is 11.3 Å². The summed E-state index contributed by atoms with van der Waals surface area (Å²) >= 11 is 1.86. The molecule has 0 fully saturated rings. The molecule has 0 aliphatic heterocycles. The second kappa shape index (κ2) is 14.8. The van der Waals surface area contributed by atoms with Crippen LogP contribution in [-0.2, 0) is 5.41 Å². The quantitative estimate of drug-likeness (QED) is 0.155. The van der Waals surface area contributed by atoms with Crippen molar-refractivity contribution in [2.45, 2.75) is 19.3 Å². The van der Waals surface area contributed by atoms with E-state index in [1.165, 1.54) is 97.7 Å². The van der Waals surface area contributed by atoms with Crippen molar-refractivity contribution < 1.29 is 0 Å². The van der Waals surface area contributed by atoms with Crippen molar-refractivity contribution in [2.75, 3.05) is 4.90 Å². The smallest absolute Gasteiger partial charge is 0.0540 e. The van der Waals surface area contributed by atoms with Gasteiger partial charge in [-0.2, -0.15) is 0 Å². The average molecular weight is 822 g/mol. The molecule has 0 spiro atoms. The Morgan fingerprint density at radius 2 is 0.857 bits per heavy atom.